The van der Waals surface area contributed by atoms with E-state index in [2.05, 4.69) is 10.1 Å². The molecule has 0 spiro atoms. The Bertz CT molecular complexity index is 505. The molecule has 1 saturated heterocycles. The number of aromatic nitrogens is 3. The van der Waals surface area contributed by atoms with Crippen molar-refractivity contribution in [3.63, 3.8) is 0 Å². The Labute approximate surface area is 97.7 Å². The minimum atomic E-state index is 0.199. The summed E-state index contributed by atoms with van der Waals surface area (Å²) >= 11 is 1.96. The molecule has 84 valence electrons. The maximum absolute atomic E-state index is 9.65. The highest BCUT2D eigenvalue weighted by Gasteiger charge is 2.20. The van der Waals surface area contributed by atoms with Gasteiger partial charge in [-0.2, -0.15) is 16.9 Å². The molecular formula is C11H13N3OS. The second kappa shape index (κ2) is 3.97. The first-order valence-electron chi connectivity index (χ1n) is 5.46. The minimum absolute atomic E-state index is 0.199. The van der Waals surface area contributed by atoms with Gasteiger partial charge in [-0.1, -0.05) is 0 Å². The lowest BCUT2D eigenvalue weighted by Crippen LogP contribution is -2.10. The van der Waals surface area contributed by atoms with Crippen molar-refractivity contribution >= 4 is 17.4 Å². The van der Waals surface area contributed by atoms with Gasteiger partial charge in [0.15, 0.2) is 17.2 Å². The van der Waals surface area contributed by atoms with E-state index in [1.807, 2.05) is 18.0 Å². The maximum atomic E-state index is 9.65. The molecule has 5 heteroatoms. The topological polar surface area (TPSA) is 50.4 Å². The van der Waals surface area contributed by atoms with E-state index in [1.54, 1.807) is 16.6 Å². The molecule has 1 aliphatic heterocycles. The highest BCUT2D eigenvalue weighted by molar-refractivity contribution is 7.99. The van der Waals surface area contributed by atoms with Gasteiger partial charge in [0.25, 0.3) is 0 Å². The molecular weight excluding hydrogens is 222 g/mol. The molecule has 1 unspecified atom stereocenters. The second-order valence-corrected chi connectivity index (χ2v) is 5.20. The van der Waals surface area contributed by atoms with E-state index in [0.29, 0.717) is 11.6 Å². The molecule has 0 saturated carbocycles. The highest BCUT2D eigenvalue weighted by Crippen LogP contribution is 2.30. The predicted octanol–water partition coefficient (Wildman–Crippen LogP) is 2.05. The van der Waals surface area contributed by atoms with Crippen LogP contribution in [-0.2, 0) is 0 Å². The van der Waals surface area contributed by atoms with Gasteiger partial charge in [0.2, 0.25) is 0 Å². The van der Waals surface area contributed by atoms with Gasteiger partial charge in [-0.3, -0.25) is 0 Å². The molecule has 1 aliphatic rings. The summed E-state index contributed by atoms with van der Waals surface area (Å²) in [6.45, 7) is 0. The zero-order chi connectivity index (χ0) is 11.0. The van der Waals surface area contributed by atoms with Crippen LogP contribution >= 0.6 is 11.8 Å². The number of hydrogen-bond donors (Lipinski definition) is 1. The molecule has 2 aromatic rings. The summed E-state index contributed by atoms with van der Waals surface area (Å²) < 4.78 is 1.66. The first-order valence-corrected chi connectivity index (χ1v) is 6.62. The Morgan fingerprint density at radius 1 is 1.50 bits per heavy atom. The van der Waals surface area contributed by atoms with Gasteiger partial charge in [0, 0.05) is 17.9 Å². The number of fused-ring (bicyclic) bond motifs is 1. The summed E-state index contributed by atoms with van der Waals surface area (Å²) in [6, 6.07) is 3.42. The SMILES string of the molecule is Oc1cccn2nc(C3CCCSC3)nc12. The van der Waals surface area contributed by atoms with Gasteiger partial charge in [-0.05, 0) is 30.7 Å². The number of pyridine rings is 1. The predicted molar refractivity (Wildman–Crippen MR) is 64.0 cm³/mol. The number of nitrogens with zero attached hydrogens (tertiary/aromatic N) is 3. The summed E-state index contributed by atoms with van der Waals surface area (Å²) in [4.78, 5) is 4.42. The molecule has 16 heavy (non-hydrogen) atoms. The largest absolute Gasteiger partial charge is 0.504 e. The van der Waals surface area contributed by atoms with E-state index in [9.17, 15) is 5.11 Å². The number of hydrogen-bond acceptors (Lipinski definition) is 4. The number of rotatable bonds is 1. The number of thioether (sulfide) groups is 1. The summed E-state index contributed by atoms with van der Waals surface area (Å²) in [5, 5.41) is 14.1. The normalized spacial score (nSPS) is 21.4. The van der Waals surface area contributed by atoms with Crippen LogP contribution in [0, 0.1) is 0 Å². The van der Waals surface area contributed by atoms with Crippen LogP contribution in [0.4, 0.5) is 0 Å². The quantitative estimate of drug-likeness (QED) is 0.822. The third-order valence-electron chi connectivity index (χ3n) is 2.88. The van der Waals surface area contributed by atoms with Crippen molar-refractivity contribution in [2.75, 3.05) is 11.5 Å². The molecule has 2 aromatic heterocycles. The van der Waals surface area contributed by atoms with Crippen LogP contribution in [0.3, 0.4) is 0 Å². The molecule has 1 N–H and O–H groups in total. The molecule has 0 amide bonds. The lowest BCUT2D eigenvalue weighted by atomic mass is 10.1. The van der Waals surface area contributed by atoms with Crippen LogP contribution < -0.4 is 0 Å². The average molecular weight is 235 g/mol. The van der Waals surface area contributed by atoms with E-state index < -0.39 is 0 Å². The van der Waals surface area contributed by atoms with Gasteiger partial charge < -0.3 is 5.11 Å². The Hall–Kier alpha value is -1.23. The van der Waals surface area contributed by atoms with E-state index >= 15 is 0 Å². The maximum Gasteiger partial charge on any atom is 0.197 e. The lowest BCUT2D eigenvalue weighted by Gasteiger charge is -2.17. The molecule has 3 rings (SSSR count). The Morgan fingerprint density at radius 3 is 3.19 bits per heavy atom. The van der Waals surface area contributed by atoms with E-state index in [1.165, 1.54) is 12.2 Å². The smallest absolute Gasteiger partial charge is 0.197 e. The molecule has 1 atom stereocenters. The average Bonchev–Trinajstić information content (AvgIpc) is 2.76. The van der Waals surface area contributed by atoms with Crippen molar-refractivity contribution < 1.29 is 5.11 Å². The van der Waals surface area contributed by atoms with Crippen molar-refractivity contribution in [1.29, 1.82) is 0 Å². The van der Waals surface area contributed by atoms with Gasteiger partial charge in [-0.15, -0.1) is 0 Å². The van der Waals surface area contributed by atoms with Crippen molar-refractivity contribution in [2.24, 2.45) is 0 Å². The second-order valence-electron chi connectivity index (χ2n) is 4.05. The van der Waals surface area contributed by atoms with Gasteiger partial charge >= 0.3 is 0 Å². The molecule has 0 radical (unpaired) electrons. The molecule has 0 bridgehead atoms. The Morgan fingerprint density at radius 2 is 2.44 bits per heavy atom. The van der Waals surface area contributed by atoms with Crippen LogP contribution in [0.2, 0.25) is 0 Å². The number of aromatic hydroxyl groups is 1. The fourth-order valence-electron chi connectivity index (χ4n) is 2.03. The minimum Gasteiger partial charge on any atom is -0.504 e. The summed E-state index contributed by atoms with van der Waals surface area (Å²) in [7, 11) is 0. The van der Waals surface area contributed by atoms with Crippen LogP contribution in [0.15, 0.2) is 18.3 Å². The van der Waals surface area contributed by atoms with E-state index in [4.69, 9.17) is 0 Å². The van der Waals surface area contributed by atoms with Crippen molar-refractivity contribution in [3.05, 3.63) is 24.2 Å². The zero-order valence-electron chi connectivity index (χ0n) is 8.83. The van der Waals surface area contributed by atoms with Gasteiger partial charge in [-0.25, -0.2) is 9.50 Å². The van der Waals surface area contributed by atoms with Crippen molar-refractivity contribution in [2.45, 2.75) is 18.8 Å². The standard InChI is InChI=1S/C11H13N3OS/c15-9-4-1-5-14-11(9)12-10(13-14)8-3-2-6-16-7-8/h1,4-5,8,15H,2-3,6-7H2. The van der Waals surface area contributed by atoms with Crippen molar-refractivity contribution in [1.82, 2.24) is 14.6 Å². The molecule has 1 fully saturated rings. The first-order chi connectivity index (χ1) is 7.84. The van der Waals surface area contributed by atoms with Crippen LogP contribution in [-0.4, -0.2) is 31.2 Å². The lowest BCUT2D eigenvalue weighted by molar-refractivity contribution is 0.477. The van der Waals surface area contributed by atoms with Gasteiger partial charge in [0.1, 0.15) is 0 Å². The fourth-order valence-corrected chi connectivity index (χ4v) is 3.16. The Balaban J connectivity index is 2.01. The van der Waals surface area contributed by atoms with E-state index in [-0.39, 0.29) is 5.75 Å². The fraction of sp³-hybridized carbons (Fsp3) is 0.455. The summed E-state index contributed by atoms with van der Waals surface area (Å²) in [5.74, 6) is 3.85. The van der Waals surface area contributed by atoms with Crippen LogP contribution in [0.5, 0.6) is 5.75 Å². The summed E-state index contributed by atoms with van der Waals surface area (Å²) in [6.07, 6.45) is 4.21. The first kappa shape index (κ1) is 9.96. The monoisotopic (exact) mass is 235 g/mol. The third-order valence-corrected chi connectivity index (χ3v) is 4.10. The van der Waals surface area contributed by atoms with Crippen LogP contribution in [0.25, 0.3) is 5.65 Å². The molecule has 4 nitrogen and oxygen atoms in total. The van der Waals surface area contributed by atoms with Crippen LogP contribution in [0.1, 0.15) is 24.6 Å². The molecule has 3 heterocycles. The molecule has 0 aromatic carbocycles. The van der Waals surface area contributed by atoms with E-state index in [0.717, 1.165) is 18.0 Å². The third kappa shape index (κ3) is 1.65. The van der Waals surface area contributed by atoms with Crippen molar-refractivity contribution in [3.8, 4) is 5.75 Å². The zero-order valence-corrected chi connectivity index (χ0v) is 9.65. The highest BCUT2D eigenvalue weighted by atomic mass is 32.2. The molecule has 0 aliphatic carbocycles. The van der Waals surface area contributed by atoms with Gasteiger partial charge in [0.05, 0.1) is 0 Å². The Kier molecular flexibility index (Phi) is 2.47. The summed E-state index contributed by atoms with van der Waals surface area (Å²) in [5.41, 5.74) is 0.563.